The van der Waals surface area contributed by atoms with Gasteiger partial charge in [-0.2, -0.15) is 5.10 Å². The molecule has 3 aliphatic heterocycles. The van der Waals surface area contributed by atoms with Gasteiger partial charge < -0.3 is 23.8 Å². The van der Waals surface area contributed by atoms with Gasteiger partial charge in [-0.05, 0) is 24.3 Å². The quantitative estimate of drug-likeness (QED) is 0.876. The molecule has 27 heavy (non-hydrogen) atoms. The van der Waals surface area contributed by atoms with Gasteiger partial charge in [0, 0.05) is 25.1 Å². The highest BCUT2D eigenvalue weighted by atomic mass is 16.6. The number of fused-ring (bicyclic) bond motifs is 2. The number of benzene rings is 1. The van der Waals surface area contributed by atoms with Crippen LogP contribution in [0.2, 0.25) is 0 Å². The molecule has 0 aliphatic carbocycles. The van der Waals surface area contributed by atoms with Crippen molar-refractivity contribution < 1.29 is 23.7 Å². The van der Waals surface area contributed by atoms with Crippen molar-refractivity contribution in [3.63, 3.8) is 0 Å². The fraction of sp³-hybridized carbons (Fsp3) is 0.474. The third-order valence-electron chi connectivity index (χ3n) is 5.56. The van der Waals surface area contributed by atoms with Gasteiger partial charge in [0.2, 0.25) is 0 Å². The summed E-state index contributed by atoms with van der Waals surface area (Å²) in [6.07, 6.45) is 0.0154. The zero-order chi connectivity index (χ0) is 18.4. The van der Waals surface area contributed by atoms with Gasteiger partial charge in [-0.3, -0.25) is 9.89 Å². The lowest BCUT2D eigenvalue weighted by molar-refractivity contribution is 0.0477. The molecule has 1 aromatic carbocycles. The highest BCUT2D eigenvalue weighted by molar-refractivity contribution is 5.94. The Morgan fingerprint density at radius 1 is 1.22 bits per heavy atom. The summed E-state index contributed by atoms with van der Waals surface area (Å²) in [5.41, 5.74) is 2.02. The van der Waals surface area contributed by atoms with Crippen molar-refractivity contribution >= 4 is 5.91 Å². The number of hydrogen-bond donors (Lipinski definition) is 1. The number of nitrogens with one attached hydrogen (secondary N) is 1. The number of H-pyrrole nitrogens is 1. The molecule has 2 aromatic rings. The number of aromatic nitrogens is 2. The van der Waals surface area contributed by atoms with E-state index in [4.69, 9.17) is 18.9 Å². The lowest BCUT2D eigenvalue weighted by Gasteiger charge is -2.21. The zero-order valence-corrected chi connectivity index (χ0v) is 15.0. The van der Waals surface area contributed by atoms with Crippen LogP contribution in [0.5, 0.6) is 11.5 Å². The molecule has 1 amide bonds. The molecule has 2 fully saturated rings. The Morgan fingerprint density at radius 2 is 2.07 bits per heavy atom. The summed E-state index contributed by atoms with van der Waals surface area (Å²) in [6.45, 7) is 2.85. The maximum absolute atomic E-state index is 13.0. The molecule has 1 aromatic heterocycles. The van der Waals surface area contributed by atoms with E-state index in [9.17, 15) is 4.79 Å². The van der Waals surface area contributed by atoms with E-state index < -0.39 is 0 Å². The maximum Gasteiger partial charge on any atom is 0.272 e. The van der Waals surface area contributed by atoms with E-state index in [1.54, 1.807) is 13.2 Å². The van der Waals surface area contributed by atoms with Gasteiger partial charge in [0.25, 0.3) is 5.91 Å². The molecule has 3 atom stereocenters. The number of nitrogens with zero attached hydrogens (tertiary/aromatic N) is 2. The second-order valence-corrected chi connectivity index (χ2v) is 7.03. The van der Waals surface area contributed by atoms with Crippen LogP contribution in [0.3, 0.4) is 0 Å². The van der Waals surface area contributed by atoms with Crippen LogP contribution in [0, 0.1) is 5.92 Å². The van der Waals surface area contributed by atoms with Gasteiger partial charge in [-0.25, -0.2) is 0 Å². The van der Waals surface area contributed by atoms with Crippen molar-refractivity contribution in [2.24, 2.45) is 5.92 Å². The molecular weight excluding hydrogens is 350 g/mol. The Balaban J connectivity index is 1.38. The van der Waals surface area contributed by atoms with Crippen LogP contribution in [0.4, 0.5) is 0 Å². The first-order chi connectivity index (χ1) is 13.2. The molecule has 0 radical (unpaired) electrons. The summed E-state index contributed by atoms with van der Waals surface area (Å²) < 4.78 is 22.3. The Bertz CT molecular complexity index is 867. The standard InChI is InChI=1S/C19H21N3O5/c1-24-18-8-22(15-10-25-9-12(15)18)19(23)14-7-13(20-21-14)11-2-3-16-17(6-11)27-5-4-26-16/h2-3,6-7,12,15,18H,4-5,8-10H2,1H3,(H,20,21)/t12-,15+,18-/m1/s1. The minimum atomic E-state index is -0.0775. The Hall–Kier alpha value is -2.58. The number of likely N-dealkylation sites (tertiary alicyclic amines) is 1. The topological polar surface area (TPSA) is 85.9 Å². The smallest absolute Gasteiger partial charge is 0.272 e. The number of amides is 1. The normalized spacial score (nSPS) is 26.3. The van der Waals surface area contributed by atoms with Gasteiger partial charge >= 0.3 is 0 Å². The molecule has 2 saturated heterocycles. The third-order valence-corrected chi connectivity index (χ3v) is 5.56. The summed E-state index contributed by atoms with van der Waals surface area (Å²) in [6, 6.07) is 7.50. The van der Waals surface area contributed by atoms with Gasteiger partial charge in [0.05, 0.1) is 31.1 Å². The molecule has 0 unspecified atom stereocenters. The number of hydrogen-bond acceptors (Lipinski definition) is 6. The Morgan fingerprint density at radius 3 is 2.93 bits per heavy atom. The molecular formula is C19H21N3O5. The van der Waals surface area contributed by atoms with Crippen molar-refractivity contribution in [2.75, 3.05) is 40.1 Å². The molecule has 8 nitrogen and oxygen atoms in total. The van der Waals surface area contributed by atoms with E-state index in [1.165, 1.54) is 0 Å². The minimum Gasteiger partial charge on any atom is -0.486 e. The number of carbonyl (C=O) groups excluding carboxylic acids is 1. The van der Waals surface area contributed by atoms with Crippen molar-refractivity contribution in [2.45, 2.75) is 12.1 Å². The number of carbonyl (C=O) groups is 1. The lowest BCUT2D eigenvalue weighted by atomic mass is 10.0. The predicted molar refractivity (Wildman–Crippen MR) is 94.9 cm³/mol. The molecule has 0 bridgehead atoms. The van der Waals surface area contributed by atoms with Gasteiger partial charge in [-0.1, -0.05) is 0 Å². The number of aromatic amines is 1. The van der Waals surface area contributed by atoms with Crippen LogP contribution in [0.25, 0.3) is 11.3 Å². The van der Waals surface area contributed by atoms with Crippen LogP contribution in [0.15, 0.2) is 24.3 Å². The van der Waals surface area contributed by atoms with Crippen LogP contribution >= 0.6 is 0 Å². The lowest BCUT2D eigenvalue weighted by Crippen LogP contribution is -2.38. The highest BCUT2D eigenvalue weighted by Gasteiger charge is 2.47. The molecule has 1 N–H and O–H groups in total. The van der Waals surface area contributed by atoms with E-state index in [-0.39, 0.29) is 24.0 Å². The third kappa shape index (κ3) is 2.76. The number of rotatable bonds is 3. The minimum absolute atomic E-state index is 0.0154. The highest BCUT2D eigenvalue weighted by Crippen LogP contribution is 2.35. The van der Waals surface area contributed by atoms with Gasteiger partial charge in [0.15, 0.2) is 11.5 Å². The first kappa shape index (κ1) is 16.6. The summed E-state index contributed by atoms with van der Waals surface area (Å²) in [5, 5.41) is 7.20. The van der Waals surface area contributed by atoms with Crippen molar-refractivity contribution in [3.05, 3.63) is 30.0 Å². The first-order valence-electron chi connectivity index (χ1n) is 9.11. The Labute approximate surface area is 156 Å². The second kappa shape index (κ2) is 6.54. The average molecular weight is 371 g/mol. The maximum atomic E-state index is 13.0. The fourth-order valence-corrected chi connectivity index (χ4v) is 4.12. The van der Waals surface area contributed by atoms with Crippen molar-refractivity contribution in [3.8, 4) is 22.8 Å². The molecule has 8 heteroatoms. The second-order valence-electron chi connectivity index (χ2n) is 7.03. The monoisotopic (exact) mass is 371 g/mol. The van der Waals surface area contributed by atoms with Crippen LogP contribution in [0.1, 0.15) is 10.5 Å². The molecule has 142 valence electrons. The summed E-state index contributed by atoms with van der Waals surface area (Å²) >= 11 is 0. The SMILES string of the molecule is CO[C@@H]1CN(C(=O)c2cc(-c3ccc4c(c3)OCCO4)n[nH]2)[C@H]2COC[C@@H]12. The first-order valence-corrected chi connectivity index (χ1v) is 9.11. The van der Waals surface area contributed by atoms with Crippen LogP contribution < -0.4 is 9.47 Å². The van der Waals surface area contributed by atoms with E-state index in [0.29, 0.717) is 50.1 Å². The van der Waals surface area contributed by atoms with E-state index in [2.05, 4.69) is 10.2 Å². The van der Waals surface area contributed by atoms with Gasteiger partial charge in [0.1, 0.15) is 18.9 Å². The number of methoxy groups -OCH3 is 1. The van der Waals surface area contributed by atoms with Crippen molar-refractivity contribution in [1.82, 2.24) is 15.1 Å². The van der Waals surface area contributed by atoms with E-state index in [1.807, 2.05) is 23.1 Å². The molecule has 5 rings (SSSR count). The average Bonchev–Trinajstić information content (AvgIpc) is 3.43. The molecule has 0 saturated carbocycles. The zero-order valence-electron chi connectivity index (χ0n) is 15.0. The van der Waals surface area contributed by atoms with Crippen molar-refractivity contribution in [1.29, 1.82) is 0 Å². The number of ether oxygens (including phenoxy) is 4. The van der Waals surface area contributed by atoms with Crippen LogP contribution in [-0.4, -0.2) is 73.2 Å². The fourth-order valence-electron chi connectivity index (χ4n) is 4.12. The van der Waals surface area contributed by atoms with Gasteiger partial charge in [-0.15, -0.1) is 0 Å². The van der Waals surface area contributed by atoms with E-state index in [0.717, 1.165) is 11.3 Å². The largest absolute Gasteiger partial charge is 0.486 e. The molecule has 3 aliphatic rings. The van der Waals surface area contributed by atoms with E-state index >= 15 is 0 Å². The summed E-state index contributed by atoms with van der Waals surface area (Å²) in [5.74, 6) is 1.58. The predicted octanol–water partition coefficient (Wildman–Crippen LogP) is 1.33. The Kier molecular flexibility index (Phi) is 4.02. The summed E-state index contributed by atoms with van der Waals surface area (Å²) in [4.78, 5) is 14.9. The molecule has 0 spiro atoms. The van der Waals surface area contributed by atoms with Crippen LogP contribution in [-0.2, 0) is 9.47 Å². The summed E-state index contributed by atoms with van der Waals surface area (Å²) in [7, 11) is 1.68. The molecule has 4 heterocycles.